The van der Waals surface area contributed by atoms with Crippen molar-refractivity contribution < 1.29 is 4.42 Å². The van der Waals surface area contributed by atoms with E-state index in [0.29, 0.717) is 6.54 Å². The first-order valence-electron chi connectivity index (χ1n) is 5.05. The van der Waals surface area contributed by atoms with E-state index >= 15 is 0 Å². The predicted molar refractivity (Wildman–Crippen MR) is 65.4 cm³/mol. The number of hydrogen-bond acceptors (Lipinski definition) is 6. The number of nitrogens with two attached hydrogens (primary N) is 1. The molecule has 0 unspecified atom stereocenters. The van der Waals surface area contributed by atoms with Crippen LogP contribution in [0.3, 0.4) is 0 Å². The maximum Gasteiger partial charge on any atom is 0.170 e. The van der Waals surface area contributed by atoms with Crippen LogP contribution in [0.4, 0.5) is 0 Å². The number of hydrogen-bond donors (Lipinski definition) is 1. The summed E-state index contributed by atoms with van der Waals surface area (Å²) < 4.78 is 10.7. The number of rotatable bonds is 5. The van der Waals surface area contributed by atoms with Crippen molar-refractivity contribution in [2.24, 2.45) is 5.73 Å². The quantitative estimate of drug-likeness (QED) is 0.831. The summed E-state index contributed by atoms with van der Waals surface area (Å²) in [6.45, 7) is 2.50. The molecule has 0 saturated carbocycles. The summed E-state index contributed by atoms with van der Waals surface area (Å²) in [7, 11) is 0. The third-order valence-electron chi connectivity index (χ3n) is 2.02. The number of nitrogens with zero attached hydrogens (tertiary/aromatic N) is 2. The van der Waals surface area contributed by atoms with Crippen molar-refractivity contribution in [3.05, 3.63) is 29.5 Å². The minimum absolute atomic E-state index is 0.448. The van der Waals surface area contributed by atoms with Crippen LogP contribution >= 0.6 is 23.3 Å². The number of thioether (sulfide) groups is 1. The lowest BCUT2D eigenvalue weighted by Crippen LogP contribution is -1.92. The standard InChI is InChI=1S/C10H13N3OS2/c1-2-9-12-10(16-13-9)15-6-8-4-3-7(5-11)14-8/h3-4H,2,5-6,11H2,1H3. The van der Waals surface area contributed by atoms with Gasteiger partial charge in [0.15, 0.2) is 4.34 Å². The van der Waals surface area contributed by atoms with Crippen LogP contribution in [0, 0.1) is 0 Å². The fraction of sp³-hybridized carbons (Fsp3) is 0.400. The molecule has 0 aliphatic rings. The lowest BCUT2D eigenvalue weighted by Gasteiger charge is -1.93. The highest BCUT2D eigenvalue weighted by Gasteiger charge is 2.05. The van der Waals surface area contributed by atoms with Gasteiger partial charge in [-0.1, -0.05) is 18.7 Å². The minimum Gasteiger partial charge on any atom is -0.464 e. The number of aryl methyl sites for hydroxylation is 1. The summed E-state index contributed by atoms with van der Waals surface area (Å²) in [5.41, 5.74) is 5.47. The van der Waals surface area contributed by atoms with Gasteiger partial charge in [0, 0.05) is 6.42 Å². The van der Waals surface area contributed by atoms with Gasteiger partial charge >= 0.3 is 0 Å². The Hall–Kier alpha value is -0.850. The van der Waals surface area contributed by atoms with Crippen molar-refractivity contribution in [3.8, 4) is 0 Å². The van der Waals surface area contributed by atoms with E-state index in [0.717, 1.165) is 33.9 Å². The molecule has 0 atom stereocenters. The first kappa shape index (κ1) is 11.6. The van der Waals surface area contributed by atoms with Gasteiger partial charge in [-0.25, -0.2) is 4.98 Å². The van der Waals surface area contributed by atoms with E-state index in [4.69, 9.17) is 10.2 Å². The molecule has 0 amide bonds. The van der Waals surface area contributed by atoms with Crippen LogP contribution in [0.15, 0.2) is 20.9 Å². The first-order chi connectivity index (χ1) is 7.81. The van der Waals surface area contributed by atoms with Crippen LogP contribution in [0.5, 0.6) is 0 Å². The molecule has 0 aromatic carbocycles. The van der Waals surface area contributed by atoms with Gasteiger partial charge in [0.25, 0.3) is 0 Å². The van der Waals surface area contributed by atoms with Crippen molar-refractivity contribution in [1.29, 1.82) is 0 Å². The van der Waals surface area contributed by atoms with Crippen molar-refractivity contribution in [2.75, 3.05) is 0 Å². The second kappa shape index (κ2) is 5.47. The Morgan fingerprint density at radius 3 is 2.88 bits per heavy atom. The molecule has 0 aliphatic carbocycles. The van der Waals surface area contributed by atoms with Crippen LogP contribution in [-0.4, -0.2) is 9.36 Å². The zero-order valence-electron chi connectivity index (χ0n) is 8.97. The third kappa shape index (κ3) is 2.84. The van der Waals surface area contributed by atoms with Crippen LogP contribution < -0.4 is 5.73 Å². The molecule has 0 bridgehead atoms. The SMILES string of the molecule is CCc1nsc(SCc2ccc(CN)o2)n1. The lowest BCUT2D eigenvalue weighted by atomic mass is 10.4. The Bertz CT molecular complexity index is 410. The van der Waals surface area contributed by atoms with Crippen molar-refractivity contribution in [1.82, 2.24) is 9.36 Å². The van der Waals surface area contributed by atoms with Gasteiger partial charge in [-0.15, -0.1) is 0 Å². The van der Waals surface area contributed by atoms with Crippen molar-refractivity contribution in [3.63, 3.8) is 0 Å². The van der Waals surface area contributed by atoms with Crippen molar-refractivity contribution >= 4 is 23.3 Å². The van der Waals surface area contributed by atoms with Crippen molar-refractivity contribution in [2.45, 2.75) is 30.0 Å². The highest BCUT2D eigenvalue weighted by molar-refractivity contribution is 8.00. The second-order valence-electron chi connectivity index (χ2n) is 3.19. The Labute approximate surface area is 102 Å². The third-order valence-corrected chi connectivity index (χ3v) is 3.92. The fourth-order valence-corrected chi connectivity index (χ4v) is 2.77. The average molecular weight is 255 g/mol. The molecule has 2 N–H and O–H groups in total. The van der Waals surface area contributed by atoms with Gasteiger partial charge < -0.3 is 10.2 Å². The van der Waals surface area contributed by atoms with E-state index < -0.39 is 0 Å². The topological polar surface area (TPSA) is 64.9 Å². The largest absolute Gasteiger partial charge is 0.464 e. The van der Waals surface area contributed by atoms with Crippen LogP contribution in [0.25, 0.3) is 0 Å². The van der Waals surface area contributed by atoms with Crippen LogP contribution in [0.1, 0.15) is 24.3 Å². The smallest absolute Gasteiger partial charge is 0.170 e. The molecule has 0 radical (unpaired) electrons. The van der Waals surface area contributed by atoms with E-state index in [1.165, 1.54) is 11.5 Å². The Morgan fingerprint density at radius 2 is 2.25 bits per heavy atom. The van der Waals surface area contributed by atoms with Crippen LogP contribution in [-0.2, 0) is 18.7 Å². The molecular formula is C10H13N3OS2. The molecule has 86 valence electrons. The summed E-state index contributed by atoms with van der Waals surface area (Å²) in [6, 6.07) is 3.87. The second-order valence-corrected chi connectivity index (χ2v) is 5.17. The molecule has 4 nitrogen and oxygen atoms in total. The maximum atomic E-state index is 5.50. The van der Waals surface area contributed by atoms with Gasteiger partial charge in [0.1, 0.15) is 17.3 Å². The molecular weight excluding hydrogens is 242 g/mol. The Morgan fingerprint density at radius 1 is 1.44 bits per heavy atom. The average Bonchev–Trinajstić information content (AvgIpc) is 2.95. The van der Waals surface area contributed by atoms with Gasteiger partial charge in [-0.05, 0) is 23.7 Å². The van der Waals surface area contributed by atoms with Gasteiger partial charge in [-0.2, -0.15) is 4.37 Å². The molecule has 2 heterocycles. The van der Waals surface area contributed by atoms with E-state index in [1.54, 1.807) is 11.8 Å². The maximum absolute atomic E-state index is 5.50. The summed E-state index contributed by atoms with van der Waals surface area (Å²) >= 11 is 3.09. The van der Waals surface area contributed by atoms with E-state index in [1.807, 2.05) is 12.1 Å². The monoisotopic (exact) mass is 255 g/mol. The summed E-state index contributed by atoms with van der Waals surface area (Å²) in [5.74, 6) is 3.44. The molecule has 0 saturated heterocycles. The Kier molecular flexibility index (Phi) is 3.98. The zero-order valence-corrected chi connectivity index (χ0v) is 10.6. The van der Waals surface area contributed by atoms with E-state index in [2.05, 4.69) is 16.3 Å². The Balaban J connectivity index is 1.91. The molecule has 16 heavy (non-hydrogen) atoms. The predicted octanol–water partition coefficient (Wildman–Crippen LogP) is 2.44. The molecule has 0 fully saturated rings. The van der Waals surface area contributed by atoms with Crippen LogP contribution in [0.2, 0.25) is 0 Å². The first-order valence-corrected chi connectivity index (χ1v) is 6.80. The molecule has 6 heteroatoms. The zero-order chi connectivity index (χ0) is 11.4. The normalized spacial score (nSPS) is 10.9. The van der Waals surface area contributed by atoms with Gasteiger partial charge in [-0.3, -0.25) is 0 Å². The summed E-state index contributed by atoms with van der Waals surface area (Å²) in [4.78, 5) is 4.37. The molecule has 0 aliphatic heterocycles. The molecule has 2 aromatic rings. The lowest BCUT2D eigenvalue weighted by molar-refractivity contribution is 0.482. The number of aromatic nitrogens is 2. The summed E-state index contributed by atoms with van der Waals surface area (Å²) in [6.07, 6.45) is 0.884. The molecule has 0 spiro atoms. The number of furan rings is 1. The highest BCUT2D eigenvalue weighted by atomic mass is 32.2. The summed E-state index contributed by atoms with van der Waals surface area (Å²) in [5, 5.41) is 0. The van der Waals surface area contributed by atoms with Gasteiger partial charge in [0.05, 0.1) is 12.3 Å². The molecule has 2 aromatic heterocycles. The van der Waals surface area contributed by atoms with E-state index in [-0.39, 0.29) is 0 Å². The molecule has 2 rings (SSSR count). The fourth-order valence-electron chi connectivity index (χ4n) is 1.18. The van der Waals surface area contributed by atoms with Gasteiger partial charge in [0.2, 0.25) is 0 Å². The van der Waals surface area contributed by atoms with E-state index in [9.17, 15) is 0 Å². The highest BCUT2D eigenvalue weighted by Crippen LogP contribution is 2.25. The minimum atomic E-state index is 0.448.